The van der Waals surface area contributed by atoms with E-state index in [1.54, 1.807) is 11.7 Å². The van der Waals surface area contributed by atoms with Gasteiger partial charge in [0.05, 0.1) is 17.6 Å². The second-order valence-electron chi connectivity index (χ2n) is 3.88. The van der Waals surface area contributed by atoms with Crippen LogP contribution >= 0.6 is 12.2 Å². The van der Waals surface area contributed by atoms with Gasteiger partial charge in [-0.05, 0) is 24.4 Å². The van der Waals surface area contributed by atoms with E-state index >= 15 is 0 Å². The lowest BCUT2D eigenvalue weighted by atomic mass is 10.3. The van der Waals surface area contributed by atoms with E-state index in [0.717, 1.165) is 11.0 Å². The molecule has 0 unspecified atom stereocenters. The first-order valence-electron chi connectivity index (χ1n) is 5.65. The maximum absolute atomic E-state index is 11.7. The van der Waals surface area contributed by atoms with Crippen molar-refractivity contribution >= 4 is 29.2 Å². The lowest BCUT2D eigenvalue weighted by Gasteiger charge is -2.06. The van der Waals surface area contributed by atoms with Gasteiger partial charge in [0.2, 0.25) is 5.91 Å². The molecule has 2 aromatic rings. The molecule has 96 valence electrons. The Hall–Kier alpha value is -1.66. The summed E-state index contributed by atoms with van der Waals surface area (Å²) in [5.41, 5.74) is 1.87. The molecule has 0 spiro atoms. The number of hydrogen-bond acceptors (Lipinski definition) is 3. The number of amides is 1. The van der Waals surface area contributed by atoms with Crippen LogP contribution in [0.1, 0.15) is 0 Å². The SMILES string of the molecule is COCCNC(=O)Cn1c(=S)[nH]c2ccccc21. The molecule has 0 atom stereocenters. The molecule has 0 saturated carbocycles. The van der Waals surface area contributed by atoms with Crippen LogP contribution in [-0.4, -0.2) is 35.7 Å². The summed E-state index contributed by atoms with van der Waals surface area (Å²) in [5.74, 6) is -0.0760. The Morgan fingerprint density at radius 2 is 2.28 bits per heavy atom. The number of benzene rings is 1. The lowest BCUT2D eigenvalue weighted by molar-refractivity contribution is -0.121. The fourth-order valence-corrected chi connectivity index (χ4v) is 2.03. The van der Waals surface area contributed by atoms with Crippen LogP contribution in [0, 0.1) is 4.77 Å². The summed E-state index contributed by atoms with van der Waals surface area (Å²) >= 11 is 5.21. The van der Waals surface area contributed by atoms with Gasteiger partial charge in [-0.1, -0.05) is 12.1 Å². The van der Waals surface area contributed by atoms with Crippen LogP contribution in [-0.2, 0) is 16.1 Å². The maximum Gasteiger partial charge on any atom is 0.240 e. The van der Waals surface area contributed by atoms with Crippen molar-refractivity contribution in [2.24, 2.45) is 0 Å². The van der Waals surface area contributed by atoms with Crippen molar-refractivity contribution in [2.75, 3.05) is 20.3 Å². The van der Waals surface area contributed by atoms with Crippen LogP contribution < -0.4 is 5.32 Å². The zero-order valence-corrected chi connectivity index (χ0v) is 10.9. The smallest absolute Gasteiger partial charge is 0.240 e. The Bertz CT molecular complexity index is 603. The van der Waals surface area contributed by atoms with Crippen LogP contribution in [0.2, 0.25) is 0 Å². The zero-order chi connectivity index (χ0) is 13.0. The molecule has 0 bridgehead atoms. The molecule has 2 N–H and O–H groups in total. The summed E-state index contributed by atoms with van der Waals surface area (Å²) in [4.78, 5) is 14.8. The molecular weight excluding hydrogens is 250 g/mol. The van der Waals surface area contributed by atoms with Crippen LogP contribution in [0.4, 0.5) is 0 Å². The number of nitrogens with zero attached hydrogens (tertiary/aromatic N) is 1. The number of nitrogens with one attached hydrogen (secondary N) is 2. The first-order chi connectivity index (χ1) is 8.72. The van der Waals surface area contributed by atoms with Crippen molar-refractivity contribution < 1.29 is 9.53 Å². The van der Waals surface area contributed by atoms with Crippen molar-refractivity contribution in [3.8, 4) is 0 Å². The molecule has 1 aromatic carbocycles. The number of H-pyrrole nitrogens is 1. The third-order valence-corrected chi connectivity index (χ3v) is 2.93. The number of aromatic amines is 1. The molecule has 0 fully saturated rings. The Morgan fingerprint density at radius 1 is 1.50 bits per heavy atom. The molecule has 2 rings (SSSR count). The first kappa shape index (κ1) is 12.8. The minimum Gasteiger partial charge on any atom is -0.383 e. The topological polar surface area (TPSA) is 59.0 Å². The number of methoxy groups -OCH3 is 1. The standard InChI is InChI=1S/C12H15N3O2S/c1-17-7-6-13-11(16)8-15-10-5-3-2-4-9(10)14-12(15)18/h2-5H,6-8H2,1H3,(H,13,16)(H,14,18). The minimum absolute atomic E-state index is 0.0760. The third-order valence-electron chi connectivity index (χ3n) is 2.61. The van der Waals surface area contributed by atoms with Crippen LogP contribution in [0.3, 0.4) is 0 Å². The summed E-state index contributed by atoms with van der Waals surface area (Å²) in [6.45, 7) is 1.22. The fraction of sp³-hybridized carbons (Fsp3) is 0.333. The van der Waals surface area contributed by atoms with Gasteiger partial charge in [0, 0.05) is 13.7 Å². The number of aromatic nitrogens is 2. The van der Waals surface area contributed by atoms with E-state index in [4.69, 9.17) is 17.0 Å². The Morgan fingerprint density at radius 3 is 3.06 bits per heavy atom. The van der Waals surface area contributed by atoms with Crippen LogP contribution in [0.5, 0.6) is 0 Å². The summed E-state index contributed by atoms with van der Waals surface area (Å²) in [6.07, 6.45) is 0. The molecular formula is C12H15N3O2S. The quantitative estimate of drug-likeness (QED) is 0.635. The highest BCUT2D eigenvalue weighted by Gasteiger charge is 2.07. The molecule has 1 heterocycles. The molecule has 0 aliphatic carbocycles. The number of hydrogen-bond donors (Lipinski definition) is 2. The summed E-state index contributed by atoms with van der Waals surface area (Å²) < 4.78 is 7.21. The average Bonchev–Trinajstić information content (AvgIpc) is 2.67. The van der Waals surface area contributed by atoms with E-state index in [9.17, 15) is 4.79 Å². The number of imidazole rings is 1. The Balaban J connectivity index is 2.14. The fourth-order valence-electron chi connectivity index (χ4n) is 1.76. The molecule has 5 nitrogen and oxygen atoms in total. The number of carbonyl (C=O) groups excluding carboxylic acids is 1. The molecule has 1 aromatic heterocycles. The maximum atomic E-state index is 11.7. The van der Waals surface area contributed by atoms with E-state index in [0.29, 0.717) is 17.9 Å². The van der Waals surface area contributed by atoms with Gasteiger partial charge in [-0.15, -0.1) is 0 Å². The van der Waals surface area contributed by atoms with Crippen molar-refractivity contribution in [3.63, 3.8) is 0 Å². The van der Waals surface area contributed by atoms with Gasteiger partial charge in [0.1, 0.15) is 6.54 Å². The van der Waals surface area contributed by atoms with Gasteiger partial charge >= 0.3 is 0 Å². The average molecular weight is 265 g/mol. The van der Waals surface area contributed by atoms with E-state index in [1.807, 2.05) is 24.3 Å². The molecule has 0 aliphatic heterocycles. The van der Waals surface area contributed by atoms with Gasteiger partial charge in [-0.25, -0.2) is 0 Å². The summed E-state index contributed by atoms with van der Waals surface area (Å²) in [5, 5.41) is 2.77. The van der Waals surface area contributed by atoms with E-state index in [2.05, 4.69) is 10.3 Å². The number of carbonyl (C=O) groups is 1. The monoisotopic (exact) mass is 265 g/mol. The molecule has 0 aliphatic rings. The van der Waals surface area contributed by atoms with Crippen molar-refractivity contribution in [1.82, 2.24) is 14.9 Å². The predicted octanol–water partition coefficient (Wildman–Crippen LogP) is 1.46. The minimum atomic E-state index is -0.0760. The second kappa shape index (κ2) is 5.79. The lowest BCUT2D eigenvalue weighted by Crippen LogP contribution is -2.30. The van der Waals surface area contributed by atoms with Crippen molar-refractivity contribution in [3.05, 3.63) is 29.0 Å². The highest BCUT2D eigenvalue weighted by atomic mass is 32.1. The Kier molecular flexibility index (Phi) is 4.11. The van der Waals surface area contributed by atoms with E-state index in [1.165, 1.54) is 0 Å². The third kappa shape index (κ3) is 2.77. The van der Waals surface area contributed by atoms with Gasteiger partial charge < -0.3 is 19.6 Å². The number of fused-ring (bicyclic) bond motifs is 1. The highest BCUT2D eigenvalue weighted by Crippen LogP contribution is 2.12. The second-order valence-corrected chi connectivity index (χ2v) is 4.26. The van der Waals surface area contributed by atoms with E-state index < -0.39 is 0 Å². The van der Waals surface area contributed by atoms with Crippen molar-refractivity contribution in [2.45, 2.75) is 6.54 Å². The van der Waals surface area contributed by atoms with Gasteiger partial charge in [-0.3, -0.25) is 4.79 Å². The number of ether oxygens (including phenoxy) is 1. The van der Waals surface area contributed by atoms with Crippen LogP contribution in [0.25, 0.3) is 11.0 Å². The normalized spacial score (nSPS) is 10.7. The largest absolute Gasteiger partial charge is 0.383 e. The summed E-state index contributed by atoms with van der Waals surface area (Å²) in [7, 11) is 1.60. The molecule has 1 amide bonds. The first-order valence-corrected chi connectivity index (χ1v) is 6.06. The molecule has 18 heavy (non-hydrogen) atoms. The molecule has 6 heteroatoms. The molecule has 0 radical (unpaired) electrons. The predicted molar refractivity (Wildman–Crippen MR) is 72.0 cm³/mol. The van der Waals surface area contributed by atoms with Crippen molar-refractivity contribution in [1.29, 1.82) is 0 Å². The van der Waals surface area contributed by atoms with E-state index in [-0.39, 0.29) is 12.5 Å². The zero-order valence-electron chi connectivity index (χ0n) is 10.1. The number of para-hydroxylation sites is 2. The number of rotatable bonds is 5. The van der Waals surface area contributed by atoms with Gasteiger partial charge in [-0.2, -0.15) is 0 Å². The highest BCUT2D eigenvalue weighted by molar-refractivity contribution is 7.71. The molecule has 0 saturated heterocycles. The van der Waals surface area contributed by atoms with Gasteiger partial charge in [0.25, 0.3) is 0 Å². The Labute approximate surface area is 110 Å². The van der Waals surface area contributed by atoms with Crippen LogP contribution in [0.15, 0.2) is 24.3 Å². The summed E-state index contributed by atoms with van der Waals surface area (Å²) in [6, 6.07) is 7.72. The van der Waals surface area contributed by atoms with Gasteiger partial charge in [0.15, 0.2) is 4.77 Å².